The third-order valence-electron chi connectivity index (χ3n) is 4.16. The number of allylic oxidation sites excluding steroid dienone is 1. The van der Waals surface area contributed by atoms with E-state index in [1.807, 2.05) is 0 Å². The maximum Gasteiger partial charge on any atom is 0.0686 e. The van der Waals surface area contributed by atoms with Crippen molar-refractivity contribution in [1.29, 1.82) is 0 Å². The Labute approximate surface area is 81.2 Å². The van der Waals surface area contributed by atoms with E-state index in [2.05, 4.69) is 26.5 Å². The first-order valence-electron chi connectivity index (χ1n) is 5.35. The Morgan fingerprint density at radius 2 is 2.38 bits per heavy atom. The number of hydrogen-bond acceptors (Lipinski definition) is 1. The molecule has 1 unspecified atom stereocenters. The quantitative estimate of drug-likeness (QED) is 0.593. The van der Waals surface area contributed by atoms with Crippen LogP contribution in [0.2, 0.25) is 0 Å². The lowest BCUT2D eigenvalue weighted by atomic mass is 9.65. The highest BCUT2D eigenvalue weighted by molar-refractivity contribution is 5.04. The van der Waals surface area contributed by atoms with E-state index in [4.69, 9.17) is 4.74 Å². The van der Waals surface area contributed by atoms with Crippen molar-refractivity contribution in [3.05, 3.63) is 12.7 Å². The number of hydrogen-bond donors (Lipinski definition) is 0. The zero-order valence-electron chi connectivity index (χ0n) is 8.81. The van der Waals surface area contributed by atoms with Crippen molar-refractivity contribution in [2.45, 2.75) is 45.1 Å². The van der Waals surface area contributed by atoms with Gasteiger partial charge in [-0.05, 0) is 43.9 Å². The van der Waals surface area contributed by atoms with Gasteiger partial charge in [0, 0.05) is 0 Å². The van der Waals surface area contributed by atoms with Crippen molar-refractivity contribution in [2.75, 3.05) is 6.61 Å². The van der Waals surface area contributed by atoms with Crippen LogP contribution in [0.1, 0.15) is 39.5 Å². The molecule has 1 aliphatic heterocycles. The van der Waals surface area contributed by atoms with Crippen LogP contribution in [-0.4, -0.2) is 12.2 Å². The van der Waals surface area contributed by atoms with Crippen LogP contribution >= 0.6 is 0 Å². The van der Waals surface area contributed by atoms with Crippen molar-refractivity contribution in [3.63, 3.8) is 0 Å². The van der Waals surface area contributed by atoms with Crippen LogP contribution in [0.5, 0.6) is 0 Å². The molecule has 1 saturated heterocycles. The van der Waals surface area contributed by atoms with Gasteiger partial charge < -0.3 is 4.74 Å². The lowest BCUT2D eigenvalue weighted by Gasteiger charge is -2.39. The molecule has 2 fully saturated rings. The monoisotopic (exact) mass is 180 g/mol. The Morgan fingerprint density at radius 1 is 1.62 bits per heavy atom. The summed E-state index contributed by atoms with van der Waals surface area (Å²) >= 11 is 0. The molecule has 74 valence electrons. The van der Waals surface area contributed by atoms with E-state index < -0.39 is 0 Å². The Kier molecular flexibility index (Phi) is 2.03. The standard InChI is InChI=1S/C12H20O/c1-4-6-12-7-5-10(2)11(3,8-12)13-9-12/h4,10H,1,5-9H2,2-3H3/t10?,11-,12-/m1/s1. The van der Waals surface area contributed by atoms with Gasteiger partial charge in [0.25, 0.3) is 0 Å². The Hall–Kier alpha value is -0.300. The summed E-state index contributed by atoms with van der Waals surface area (Å²) in [6.07, 6.45) is 7.09. The molecule has 0 aromatic heterocycles. The molecule has 0 amide bonds. The summed E-state index contributed by atoms with van der Waals surface area (Å²) in [5, 5.41) is 0. The minimum atomic E-state index is 0.168. The Morgan fingerprint density at radius 3 is 3.08 bits per heavy atom. The van der Waals surface area contributed by atoms with Gasteiger partial charge in [0.05, 0.1) is 12.2 Å². The summed E-state index contributed by atoms with van der Waals surface area (Å²) in [5.41, 5.74) is 0.615. The average Bonchev–Trinajstić information content (AvgIpc) is 2.37. The van der Waals surface area contributed by atoms with Gasteiger partial charge in [0.15, 0.2) is 0 Å². The fourth-order valence-corrected chi connectivity index (χ4v) is 3.01. The molecule has 1 aliphatic carbocycles. The number of ether oxygens (including phenoxy) is 1. The van der Waals surface area contributed by atoms with Crippen LogP contribution in [0.3, 0.4) is 0 Å². The molecule has 0 aromatic rings. The van der Waals surface area contributed by atoms with Crippen molar-refractivity contribution >= 4 is 0 Å². The van der Waals surface area contributed by atoms with E-state index in [1.165, 1.54) is 19.3 Å². The minimum absolute atomic E-state index is 0.168. The summed E-state index contributed by atoms with van der Waals surface area (Å²) in [7, 11) is 0. The summed E-state index contributed by atoms with van der Waals surface area (Å²) in [5.74, 6) is 0.730. The van der Waals surface area contributed by atoms with Gasteiger partial charge in [-0.25, -0.2) is 0 Å². The first kappa shape index (κ1) is 9.26. The van der Waals surface area contributed by atoms with Gasteiger partial charge in [-0.3, -0.25) is 0 Å². The molecular weight excluding hydrogens is 160 g/mol. The highest BCUT2D eigenvalue weighted by atomic mass is 16.5. The van der Waals surface area contributed by atoms with E-state index in [0.717, 1.165) is 18.9 Å². The molecule has 1 saturated carbocycles. The first-order valence-corrected chi connectivity index (χ1v) is 5.35. The molecule has 13 heavy (non-hydrogen) atoms. The highest BCUT2D eigenvalue weighted by Crippen LogP contribution is 2.54. The predicted molar refractivity (Wildman–Crippen MR) is 54.6 cm³/mol. The zero-order chi connectivity index (χ0) is 9.53. The smallest absolute Gasteiger partial charge is 0.0686 e. The summed E-state index contributed by atoms with van der Waals surface area (Å²) in [6.45, 7) is 9.41. The van der Waals surface area contributed by atoms with Crippen LogP contribution < -0.4 is 0 Å². The second-order valence-electron chi connectivity index (χ2n) is 5.21. The van der Waals surface area contributed by atoms with E-state index in [9.17, 15) is 0 Å². The van der Waals surface area contributed by atoms with Crippen molar-refractivity contribution in [1.82, 2.24) is 0 Å². The second-order valence-corrected chi connectivity index (χ2v) is 5.21. The molecule has 0 radical (unpaired) electrons. The van der Waals surface area contributed by atoms with E-state index >= 15 is 0 Å². The van der Waals surface area contributed by atoms with Crippen LogP contribution in [0.15, 0.2) is 12.7 Å². The largest absolute Gasteiger partial charge is 0.374 e. The molecule has 1 nitrogen and oxygen atoms in total. The maximum absolute atomic E-state index is 5.98. The molecule has 2 bridgehead atoms. The van der Waals surface area contributed by atoms with Gasteiger partial charge in [-0.1, -0.05) is 13.0 Å². The highest BCUT2D eigenvalue weighted by Gasteiger charge is 2.52. The van der Waals surface area contributed by atoms with E-state index in [1.54, 1.807) is 0 Å². The van der Waals surface area contributed by atoms with Crippen LogP contribution in [0.25, 0.3) is 0 Å². The summed E-state index contributed by atoms with van der Waals surface area (Å²) in [4.78, 5) is 0. The SMILES string of the molecule is C=CC[C@@]12CCC(C)[C@@](C)(C1)OC2. The van der Waals surface area contributed by atoms with Crippen molar-refractivity contribution in [2.24, 2.45) is 11.3 Å². The maximum atomic E-state index is 5.98. The van der Waals surface area contributed by atoms with Crippen LogP contribution in [-0.2, 0) is 4.74 Å². The molecular formula is C12H20O. The molecule has 0 aromatic carbocycles. The molecule has 2 rings (SSSR count). The predicted octanol–water partition coefficient (Wildman–Crippen LogP) is 3.16. The van der Waals surface area contributed by atoms with Gasteiger partial charge in [-0.15, -0.1) is 6.58 Å². The van der Waals surface area contributed by atoms with Gasteiger partial charge in [0.1, 0.15) is 0 Å². The average molecular weight is 180 g/mol. The fraction of sp³-hybridized carbons (Fsp3) is 0.833. The Balaban J connectivity index is 2.17. The van der Waals surface area contributed by atoms with Crippen molar-refractivity contribution in [3.8, 4) is 0 Å². The second kappa shape index (κ2) is 2.84. The van der Waals surface area contributed by atoms with Crippen LogP contribution in [0.4, 0.5) is 0 Å². The third kappa shape index (κ3) is 1.34. The lowest BCUT2D eigenvalue weighted by molar-refractivity contribution is -0.0233. The number of rotatable bonds is 2. The van der Waals surface area contributed by atoms with Gasteiger partial charge in [0.2, 0.25) is 0 Å². The van der Waals surface area contributed by atoms with Gasteiger partial charge >= 0.3 is 0 Å². The first-order chi connectivity index (χ1) is 6.10. The summed E-state index contributed by atoms with van der Waals surface area (Å²) < 4.78 is 5.98. The van der Waals surface area contributed by atoms with Crippen LogP contribution in [0, 0.1) is 11.3 Å². The summed E-state index contributed by atoms with van der Waals surface area (Å²) in [6, 6.07) is 0. The van der Waals surface area contributed by atoms with E-state index in [-0.39, 0.29) is 5.60 Å². The van der Waals surface area contributed by atoms with Gasteiger partial charge in [-0.2, -0.15) is 0 Å². The molecule has 1 heterocycles. The van der Waals surface area contributed by atoms with Crippen molar-refractivity contribution < 1.29 is 4.74 Å². The molecule has 0 N–H and O–H groups in total. The molecule has 3 atom stereocenters. The molecule has 0 spiro atoms. The number of fused-ring (bicyclic) bond motifs is 2. The zero-order valence-corrected chi connectivity index (χ0v) is 8.81. The minimum Gasteiger partial charge on any atom is -0.374 e. The fourth-order valence-electron chi connectivity index (χ4n) is 3.01. The normalized spacial score (nSPS) is 49.2. The Bertz CT molecular complexity index is 219. The molecule has 1 heteroatoms. The van der Waals surface area contributed by atoms with E-state index in [0.29, 0.717) is 5.41 Å². The third-order valence-corrected chi connectivity index (χ3v) is 4.16. The topological polar surface area (TPSA) is 9.23 Å². The lowest BCUT2D eigenvalue weighted by Crippen LogP contribution is -2.37. The molecule has 2 aliphatic rings.